The molecule has 0 spiro atoms. The summed E-state index contributed by atoms with van der Waals surface area (Å²) in [7, 11) is 0. The fourth-order valence-corrected chi connectivity index (χ4v) is 3.68. The maximum absolute atomic E-state index is 12.6. The third-order valence-corrected chi connectivity index (χ3v) is 5.06. The monoisotopic (exact) mass is 321 g/mol. The predicted molar refractivity (Wildman–Crippen MR) is 77.5 cm³/mol. The number of hydrogen-bond acceptors (Lipinski definition) is 4. The van der Waals surface area contributed by atoms with Crippen molar-refractivity contribution in [2.75, 3.05) is 6.54 Å². The molecule has 1 aromatic rings. The SMILES string of the molecule is CC(C)NCCc1nnc(C2CCC(C(F)(F)F)CC2)s1. The number of alkyl halides is 3. The lowest BCUT2D eigenvalue weighted by Crippen LogP contribution is -2.27. The molecule has 0 amide bonds. The molecule has 0 saturated heterocycles. The van der Waals surface area contributed by atoms with Gasteiger partial charge in [0, 0.05) is 24.9 Å². The fraction of sp³-hybridized carbons (Fsp3) is 0.857. The molecule has 0 radical (unpaired) electrons. The van der Waals surface area contributed by atoms with Crippen LogP contribution in [0.1, 0.15) is 55.5 Å². The summed E-state index contributed by atoms with van der Waals surface area (Å²) >= 11 is 1.56. The minimum atomic E-state index is -4.04. The normalized spacial score (nSPS) is 23.7. The molecule has 3 nitrogen and oxygen atoms in total. The Bertz CT molecular complexity index is 437. The average molecular weight is 321 g/mol. The van der Waals surface area contributed by atoms with Gasteiger partial charge in [-0.15, -0.1) is 21.5 Å². The lowest BCUT2D eigenvalue weighted by molar-refractivity contribution is -0.182. The summed E-state index contributed by atoms with van der Waals surface area (Å²) in [5, 5.41) is 13.5. The van der Waals surface area contributed by atoms with Crippen LogP contribution in [0, 0.1) is 5.92 Å². The van der Waals surface area contributed by atoms with Crippen LogP contribution in [0.5, 0.6) is 0 Å². The zero-order valence-electron chi connectivity index (χ0n) is 12.4. The molecule has 1 aromatic heterocycles. The highest BCUT2D eigenvalue weighted by Gasteiger charge is 2.42. The Morgan fingerprint density at radius 1 is 1.19 bits per heavy atom. The number of rotatable bonds is 5. The topological polar surface area (TPSA) is 37.8 Å². The van der Waals surface area contributed by atoms with Crippen LogP contribution in [0.2, 0.25) is 0 Å². The van der Waals surface area contributed by atoms with Gasteiger partial charge < -0.3 is 5.32 Å². The summed E-state index contributed by atoms with van der Waals surface area (Å²) in [5.41, 5.74) is 0. The molecule has 1 N–H and O–H groups in total. The molecule has 0 aliphatic heterocycles. The Labute approximate surface area is 127 Å². The second-order valence-corrected chi connectivity index (χ2v) is 7.08. The molecule has 1 aliphatic rings. The molecule has 2 rings (SSSR count). The van der Waals surface area contributed by atoms with Gasteiger partial charge in [0.2, 0.25) is 0 Å². The number of halogens is 3. The molecule has 0 aromatic carbocycles. The van der Waals surface area contributed by atoms with Crippen molar-refractivity contribution in [2.45, 2.75) is 64.1 Å². The van der Waals surface area contributed by atoms with Gasteiger partial charge in [-0.1, -0.05) is 13.8 Å². The Hall–Kier alpha value is -0.690. The molecule has 1 fully saturated rings. The molecular weight excluding hydrogens is 299 g/mol. The van der Waals surface area contributed by atoms with E-state index in [0.29, 0.717) is 18.9 Å². The highest BCUT2D eigenvalue weighted by Crippen LogP contribution is 2.43. The molecule has 0 atom stereocenters. The van der Waals surface area contributed by atoms with Crippen molar-refractivity contribution in [3.63, 3.8) is 0 Å². The Balaban J connectivity index is 1.83. The van der Waals surface area contributed by atoms with E-state index < -0.39 is 12.1 Å². The van der Waals surface area contributed by atoms with Gasteiger partial charge in [-0.2, -0.15) is 13.2 Å². The number of hydrogen-bond donors (Lipinski definition) is 1. The molecule has 0 bridgehead atoms. The zero-order valence-corrected chi connectivity index (χ0v) is 13.2. The molecule has 1 heterocycles. The first-order valence-corrected chi connectivity index (χ1v) is 8.30. The van der Waals surface area contributed by atoms with Crippen molar-refractivity contribution in [3.05, 3.63) is 10.0 Å². The quantitative estimate of drug-likeness (QED) is 0.893. The van der Waals surface area contributed by atoms with E-state index in [1.165, 1.54) is 0 Å². The first-order chi connectivity index (χ1) is 9.86. The number of nitrogens with one attached hydrogen (secondary N) is 1. The van der Waals surface area contributed by atoms with Crippen molar-refractivity contribution in [2.24, 2.45) is 5.92 Å². The molecular formula is C14H22F3N3S. The first-order valence-electron chi connectivity index (χ1n) is 7.48. The first kappa shape index (κ1) is 16.7. The Kier molecular flexibility index (Phi) is 5.60. The predicted octanol–water partition coefficient (Wildman–Crippen LogP) is 3.91. The van der Waals surface area contributed by atoms with E-state index in [1.807, 2.05) is 0 Å². The number of aromatic nitrogens is 2. The van der Waals surface area contributed by atoms with Crippen molar-refractivity contribution in [1.29, 1.82) is 0 Å². The minimum absolute atomic E-state index is 0.160. The third kappa shape index (κ3) is 4.92. The van der Waals surface area contributed by atoms with Crippen molar-refractivity contribution in [3.8, 4) is 0 Å². The highest BCUT2D eigenvalue weighted by atomic mass is 32.1. The summed E-state index contributed by atoms with van der Waals surface area (Å²) in [6.07, 6.45) is -1.63. The van der Waals surface area contributed by atoms with Gasteiger partial charge in [-0.05, 0) is 25.7 Å². The van der Waals surface area contributed by atoms with Crippen molar-refractivity contribution in [1.82, 2.24) is 15.5 Å². The molecule has 1 aliphatic carbocycles. The highest BCUT2D eigenvalue weighted by molar-refractivity contribution is 7.11. The van der Waals surface area contributed by atoms with E-state index in [4.69, 9.17) is 0 Å². The summed E-state index contributed by atoms with van der Waals surface area (Å²) in [6.45, 7) is 5.03. The molecule has 7 heteroatoms. The van der Waals surface area contributed by atoms with E-state index in [9.17, 15) is 13.2 Å². The van der Waals surface area contributed by atoms with E-state index >= 15 is 0 Å². The average Bonchev–Trinajstić information content (AvgIpc) is 2.86. The summed E-state index contributed by atoms with van der Waals surface area (Å²) in [6, 6.07) is 0.440. The van der Waals surface area contributed by atoms with E-state index in [-0.39, 0.29) is 18.8 Å². The van der Waals surface area contributed by atoms with Crippen LogP contribution < -0.4 is 5.32 Å². The zero-order chi connectivity index (χ0) is 15.5. The lowest BCUT2D eigenvalue weighted by atomic mass is 9.82. The summed E-state index contributed by atoms with van der Waals surface area (Å²) < 4.78 is 37.9. The van der Waals surface area contributed by atoms with Gasteiger partial charge in [0.15, 0.2) is 0 Å². The fourth-order valence-electron chi connectivity index (χ4n) is 2.67. The lowest BCUT2D eigenvalue weighted by Gasteiger charge is -2.28. The maximum atomic E-state index is 12.6. The van der Waals surface area contributed by atoms with E-state index in [1.54, 1.807) is 11.3 Å². The van der Waals surface area contributed by atoms with Crippen molar-refractivity contribution >= 4 is 11.3 Å². The Morgan fingerprint density at radius 3 is 2.43 bits per heavy atom. The van der Waals surface area contributed by atoms with E-state index in [2.05, 4.69) is 29.4 Å². The second kappa shape index (κ2) is 7.05. The Morgan fingerprint density at radius 2 is 1.86 bits per heavy atom. The smallest absolute Gasteiger partial charge is 0.314 e. The van der Waals surface area contributed by atoms with Gasteiger partial charge in [0.05, 0.1) is 5.92 Å². The van der Waals surface area contributed by atoms with E-state index in [0.717, 1.165) is 23.0 Å². The minimum Gasteiger partial charge on any atom is -0.314 e. The summed E-state index contributed by atoms with van der Waals surface area (Å²) in [4.78, 5) is 0. The second-order valence-electron chi connectivity index (χ2n) is 5.98. The van der Waals surface area contributed by atoms with Gasteiger partial charge in [-0.25, -0.2) is 0 Å². The standard InChI is InChI=1S/C14H22F3N3S/c1-9(2)18-8-7-12-19-20-13(21-12)10-3-5-11(6-4-10)14(15,16)17/h9-11,18H,3-8H2,1-2H3. The van der Waals surface area contributed by atoms with Crippen molar-refractivity contribution < 1.29 is 13.2 Å². The third-order valence-electron chi connectivity index (χ3n) is 3.91. The molecule has 0 unspecified atom stereocenters. The molecule has 1 saturated carbocycles. The van der Waals surface area contributed by atoms with Gasteiger partial charge >= 0.3 is 6.18 Å². The number of nitrogens with zero attached hydrogens (tertiary/aromatic N) is 2. The van der Waals surface area contributed by atoms with Crippen LogP contribution in [0.25, 0.3) is 0 Å². The van der Waals surface area contributed by atoms with Gasteiger partial charge in [0.25, 0.3) is 0 Å². The van der Waals surface area contributed by atoms with Crippen LogP contribution >= 0.6 is 11.3 Å². The van der Waals surface area contributed by atoms with Crippen LogP contribution in [0.3, 0.4) is 0 Å². The van der Waals surface area contributed by atoms with Crippen LogP contribution in [-0.4, -0.2) is 29.0 Å². The molecule has 21 heavy (non-hydrogen) atoms. The summed E-state index contributed by atoms with van der Waals surface area (Å²) in [5.74, 6) is -0.968. The van der Waals surface area contributed by atoms with Gasteiger partial charge in [-0.3, -0.25) is 0 Å². The van der Waals surface area contributed by atoms with Crippen LogP contribution in [0.4, 0.5) is 13.2 Å². The van der Waals surface area contributed by atoms with Crippen LogP contribution in [0.15, 0.2) is 0 Å². The van der Waals surface area contributed by atoms with Gasteiger partial charge in [0.1, 0.15) is 10.0 Å². The maximum Gasteiger partial charge on any atom is 0.391 e. The largest absolute Gasteiger partial charge is 0.391 e. The molecule has 120 valence electrons. The van der Waals surface area contributed by atoms with Crippen LogP contribution in [-0.2, 0) is 6.42 Å².